The van der Waals surface area contributed by atoms with Gasteiger partial charge in [-0.25, -0.2) is 0 Å². The van der Waals surface area contributed by atoms with Crippen LogP contribution in [-0.4, -0.2) is 37.3 Å². The van der Waals surface area contributed by atoms with Gasteiger partial charge in [-0.05, 0) is 25.9 Å². The van der Waals surface area contributed by atoms with E-state index in [2.05, 4.69) is 4.74 Å². The molecule has 0 spiro atoms. The van der Waals surface area contributed by atoms with Crippen LogP contribution in [-0.2, 0) is 9.53 Å². The molecule has 1 atom stereocenters. The lowest BCUT2D eigenvalue weighted by Gasteiger charge is -2.42. The maximum atomic E-state index is 13.0. The molecule has 12 heteroatoms. The van der Waals surface area contributed by atoms with Crippen molar-refractivity contribution >= 4 is 51.2 Å². The average molecular weight is 561 g/mol. The second-order valence-electron chi connectivity index (χ2n) is 5.03. The van der Waals surface area contributed by atoms with E-state index in [1.807, 2.05) is 0 Å². The molecule has 0 N–H and O–H groups in total. The minimum absolute atomic E-state index is 0.0692. The van der Waals surface area contributed by atoms with Gasteiger partial charge in [-0.1, -0.05) is 45.2 Å². The summed E-state index contributed by atoms with van der Waals surface area (Å²) in [6, 6.07) is 0. The van der Waals surface area contributed by atoms with E-state index in [9.17, 15) is 36.0 Å². The highest BCUT2D eigenvalue weighted by atomic mass is 127. The first-order valence-corrected chi connectivity index (χ1v) is 8.07. The van der Waals surface area contributed by atoms with Gasteiger partial charge in [0, 0.05) is 4.43 Å². The smallest absolute Gasteiger partial charge is 0.430 e. The first-order chi connectivity index (χ1) is 9.50. The average Bonchev–Trinajstić information content (AvgIpc) is 2.24. The summed E-state index contributed by atoms with van der Waals surface area (Å²) in [6.45, 7) is 1.98. The highest BCUT2D eigenvalue weighted by Gasteiger charge is 2.81. The topological polar surface area (TPSA) is 55.7 Å². The van der Waals surface area contributed by atoms with Gasteiger partial charge in [-0.3, -0.25) is 4.79 Å². The third-order valence-electron chi connectivity index (χ3n) is 2.85. The summed E-state index contributed by atoms with van der Waals surface area (Å²) >= 11 is 3.26. The van der Waals surface area contributed by atoms with E-state index in [1.54, 1.807) is 22.6 Å². The maximum Gasteiger partial charge on any atom is 0.430 e. The summed E-state index contributed by atoms with van der Waals surface area (Å²) in [5, 5.41) is 1.31. The monoisotopic (exact) mass is 561 g/mol. The molecule has 0 aromatic carbocycles. The van der Waals surface area contributed by atoms with Crippen LogP contribution in [0.2, 0.25) is 0 Å². The zero-order valence-corrected chi connectivity index (χ0v) is 15.7. The lowest BCUT2D eigenvalue weighted by atomic mass is 9.81. The standard InChI is InChI=1S/C10H11F6I2NO3/c1-6(2,22-5(20)7(3,18)4-17)8(19-21,9(11,12)13)10(14,15)16/h4H2,1-3H3. The van der Waals surface area contributed by atoms with Crippen molar-refractivity contribution in [3.05, 3.63) is 4.91 Å². The van der Waals surface area contributed by atoms with Crippen LogP contribution >= 0.6 is 45.2 Å². The predicted octanol–water partition coefficient (Wildman–Crippen LogP) is 4.57. The number of alkyl halides is 8. The fourth-order valence-electron chi connectivity index (χ4n) is 1.52. The fourth-order valence-corrected chi connectivity index (χ4v) is 1.94. The van der Waals surface area contributed by atoms with Gasteiger partial charge in [0.1, 0.15) is 3.42 Å². The van der Waals surface area contributed by atoms with Gasteiger partial charge in [-0.2, -0.15) is 26.3 Å². The molecular weight excluding hydrogens is 550 g/mol. The molecule has 0 saturated carbocycles. The molecule has 0 rings (SSSR count). The maximum absolute atomic E-state index is 13.0. The first kappa shape index (κ1) is 22.1. The Morgan fingerprint density at radius 2 is 1.41 bits per heavy atom. The Bertz CT molecular complexity index is 433. The third-order valence-corrected chi connectivity index (χ3v) is 6.66. The molecule has 22 heavy (non-hydrogen) atoms. The molecule has 0 aromatic heterocycles. The van der Waals surface area contributed by atoms with Crippen LogP contribution in [0.25, 0.3) is 0 Å². The normalized spacial score (nSPS) is 16.9. The number of halogens is 8. The lowest BCUT2D eigenvalue weighted by molar-refractivity contribution is -0.335. The summed E-state index contributed by atoms with van der Waals surface area (Å²) in [4.78, 5) is 22.4. The van der Waals surface area contributed by atoms with E-state index in [1.165, 1.54) is 34.7 Å². The molecule has 0 bridgehead atoms. The molecule has 0 aromatic rings. The Morgan fingerprint density at radius 1 is 1.05 bits per heavy atom. The number of ether oxygens (including phenoxy) is 1. The number of nitroso groups, excluding NO2 is 1. The minimum Gasteiger partial charge on any atom is -0.455 e. The van der Waals surface area contributed by atoms with Crippen molar-refractivity contribution in [3.8, 4) is 0 Å². The highest BCUT2D eigenvalue weighted by Crippen LogP contribution is 2.53. The second kappa shape index (κ2) is 6.55. The van der Waals surface area contributed by atoms with Gasteiger partial charge in [0.25, 0.3) is 0 Å². The molecule has 0 aliphatic carbocycles. The molecule has 0 aliphatic heterocycles. The van der Waals surface area contributed by atoms with Gasteiger partial charge in [0.05, 0.1) is 0 Å². The van der Waals surface area contributed by atoms with Gasteiger partial charge in [-0.15, -0.1) is 4.91 Å². The van der Waals surface area contributed by atoms with Gasteiger partial charge < -0.3 is 4.74 Å². The largest absolute Gasteiger partial charge is 0.455 e. The van der Waals surface area contributed by atoms with Crippen LogP contribution in [0, 0.1) is 4.91 Å². The van der Waals surface area contributed by atoms with E-state index in [0.29, 0.717) is 13.8 Å². The molecule has 0 aliphatic rings. The Labute approximate surface area is 149 Å². The van der Waals surface area contributed by atoms with Crippen molar-refractivity contribution < 1.29 is 35.9 Å². The van der Waals surface area contributed by atoms with Crippen molar-refractivity contribution in [3.63, 3.8) is 0 Å². The van der Waals surface area contributed by atoms with E-state index in [4.69, 9.17) is 0 Å². The van der Waals surface area contributed by atoms with E-state index in [-0.39, 0.29) is 4.43 Å². The molecule has 130 valence electrons. The summed E-state index contributed by atoms with van der Waals surface area (Å²) in [5.74, 6) is -1.31. The van der Waals surface area contributed by atoms with Crippen LogP contribution in [0.4, 0.5) is 26.3 Å². The van der Waals surface area contributed by atoms with Crippen molar-refractivity contribution in [1.29, 1.82) is 0 Å². The van der Waals surface area contributed by atoms with Crippen LogP contribution in [0.1, 0.15) is 20.8 Å². The number of nitrogens with zero attached hydrogens (tertiary/aromatic N) is 1. The quantitative estimate of drug-likeness (QED) is 0.163. The number of hydrogen-bond donors (Lipinski definition) is 0. The van der Waals surface area contributed by atoms with E-state index in [0.717, 1.165) is 0 Å². The number of carbonyl (C=O) groups is 1. The molecule has 0 fully saturated rings. The second-order valence-corrected chi connectivity index (χ2v) is 8.17. The predicted molar refractivity (Wildman–Crippen MR) is 82.1 cm³/mol. The van der Waals surface area contributed by atoms with E-state index < -0.39 is 32.9 Å². The lowest BCUT2D eigenvalue weighted by Crippen LogP contribution is -2.69. The Kier molecular flexibility index (Phi) is 6.58. The van der Waals surface area contributed by atoms with Gasteiger partial charge >= 0.3 is 23.9 Å². The minimum atomic E-state index is -6.09. The number of carbonyl (C=O) groups excluding carboxylic acids is 1. The fraction of sp³-hybridized carbons (Fsp3) is 0.900. The molecule has 0 heterocycles. The Balaban J connectivity index is 6.07. The van der Waals surface area contributed by atoms with Gasteiger partial charge in [0.15, 0.2) is 5.60 Å². The highest BCUT2D eigenvalue weighted by molar-refractivity contribution is 14.1. The molecule has 0 amide bonds. The third kappa shape index (κ3) is 3.77. The zero-order valence-electron chi connectivity index (χ0n) is 11.4. The number of hydrogen-bond acceptors (Lipinski definition) is 4. The summed E-state index contributed by atoms with van der Waals surface area (Å²) in [5.41, 5.74) is -8.35. The van der Waals surface area contributed by atoms with Crippen molar-refractivity contribution in [2.75, 3.05) is 4.43 Å². The Morgan fingerprint density at radius 3 is 1.64 bits per heavy atom. The van der Waals surface area contributed by atoms with Crippen LogP contribution in [0.15, 0.2) is 5.18 Å². The van der Waals surface area contributed by atoms with Crippen molar-refractivity contribution in [2.24, 2.45) is 5.18 Å². The van der Waals surface area contributed by atoms with Crippen molar-refractivity contribution in [1.82, 2.24) is 0 Å². The van der Waals surface area contributed by atoms with E-state index >= 15 is 0 Å². The molecule has 1 unspecified atom stereocenters. The number of esters is 1. The van der Waals surface area contributed by atoms with Crippen molar-refractivity contribution in [2.45, 2.75) is 47.7 Å². The molecule has 0 radical (unpaired) electrons. The SMILES string of the molecule is CC(I)(CI)C(=O)OC(C)(C)C(N=O)(C(F)(F)F)C(F)(F)F. The zero-order chi connectivity index (χ0) is 18.2. The number of rotatable bonds is 5. The van der Waals surface area contributed by atoms with Crippen LogP contribution in [0.3, 0.4) is 0 Å². The first-order valence-electron chi connectivity index (χ1n) is 5.46. The summed E-state index contributed by atoms with van der Waals surface area (Å²) < 4.78 is 81.1. The Hall–Kier alpha value is 0.110. The van der Waals surface area contributed by atoms with Crippen LogP contribution < -0.4 is 0 Å². The summed E-state index contributed by atoms with van der Waals surface area (Å²) in [6.07, 6.45) is -12.2. The molecular formula is C10H11F6I2NO3. The molecule has 0 saturated heterocycles. The van der Waals surface area contributed by atoms with Gasteiger partial charge in [0.2, 0.25) is 0 Å². The summed E-state index contributed by atoms with van der Waals surface area (Å²) in [7, 11) is 0. The molecule has 4 nitrogen and oxygen atoms in total. The van der Waals surface area contributed by atoms with Crippen LogP contribution in [0.5, 0.6) is 0 Å².